The summed E-state index contributed by atoms with van der Waals surface area (Å²) in [6.45, 7) is 2.59. The highest BCUT2D eigenvalue weighted by Crippen LogP contribution is 2.28. The van der Waals surface area contributed by atoms with Gasteiger partial charge in [-0.15, -0.1) is 10.2 Å². The van der Waals surface area contributed by atoms with Crippen molar-refractivity contribution in [3.8, 4) is 0 Å². The average Bonchev–Trinajstić information content (AvgIpc) is 2.86. The Hall–Kier alpha value is -0.820. The molecule has 1 heterocycles. The fraction of sp³-hybridized carbons (Fsp3) is 0.750. The molecule has 1 aromatic heterocycles. The van der Waals surface area contributed by atoms with Crippen molar-refractivity contribution in [1.82, 2.24) is 15.5 Å². The maximum Gasteiger partial charge on any atom is 0.230 e. The monoisotopic (exact) mass is 300 g/mol. The molecule has 1 aromatic rings. The average molecular weight is 300 g/mol. The lowest BCUT2D eigenvalue weighted by atomic mass is 9.96. The van der Waals surface area contributed by atoms with Crippen molar-refractivity contribution in [2.24, 2.45) is 0 Å². The number of carbonyl (C=O) groups is 1. The molecule has 5 nitrogen and oxygen atoms in total. The first kappa shape index (κ1) is 14.6. The summed E-state index contributed by atoms with van der Waals surface area (Å²) in [6.07, 6.45) is 6.40. The van der Waals surface area contributed by atoms with Gasteiger partial charge in [0.05, 0.1) is 5.75 Å². The number of thioether (sulfide) groups is 1. The molecule has 0 aliphatic heterocycles. The third-order valence-electron chi connectivity index (χ3n) is 3.04. The number of amides is 1. The van der Waals surface area contributed by atoms with Crippen molar-refractivity contribution in [3.05, 3.63) is 0 Å². The second kappa shape index (κ2) is 7.69. The molecule has 7 heteroatoms. The molecule has 1 aliphatic rings. The van der Waals surface area contributed by atoms with Crippen molar-refractivity contribution in [3.63, 3.8) is 0 Å². The molecule has 19 heavy (non-hydrogen) atoms. The van der Waals surface area contributed by atoms with E-state index >= 15 is 0 Å². The SMILES string of the molecule is CCNC(=O)CSc1nnc(NC2CCCCC2)s1. The van der Waals surface area contributed by atoms with Crippen LogP contribution in [0.15, 0.2) is 4.34 Å². The van der Waals surface area contributed by atoms with Gasteiger partial charge in [-0.25, -0.2) is 0 Å². The molecule has 1 saturated carbocycles. The number of nitrogens with zero attached hydrogens (tertiary/aromatic N) is 2. The van der Waals surface area contributed by atoms with Crippen LogP contribution in [0.4, 0.5) is 5.13 Å². The number of rotatable bonds is 6. The van der Waals surface area contributed by atoms with E-state index < -0.39 is 0 Å². The molecule has 0 saturated heterocycles. The summed E-state index contributed by atoms with van der Waals surface area (Å²) >= 11 is 2.98. The molecule has 2 rings (SSSR count). The van der Waals surface area contributed by atoms with Crippen LogP contribution in [-0.2, 0) is 4.79 Å². The lowest BCUT2D eigenvalue weighted by Gasteiger charge is -2.21. The van der Waals surface area contributed by atoms with Gasteiger partial charge in [-0.3, -0.25) is 4.79 Å². The Bertz CT molecular complexity index is 404. The molecule has 0 unspecified atom stereocenters. The Morgan fingerprint density at radius 1 is 1.37 bits per heavy atom. The van der Waals surface area contributed by atoms with Gasteiger partial charge in [0.2, 0.25) is 11.0 Å². The lowest BCUT2D eigenvalue weighted by molar-refractivity contribution is -0.118. The van der Waals surface area contributed by atoms with Crippen LogP contribution in [-0.4, -0.2) is 34.4 Å². The first-order valence-electron chi connectivity index (χ1n) is 6.77. The first-order chi connectivity index (χ1) is 9.28. The van der Waals surface area contributed by atoms with Crippen molar-refractivity contribution >= 4 is 34.1 Å². The van der Waals surface area contributed by atoms with Gasteiger partial charge in [0.1, 0.15) is 0 Å². The topological polar surface area (TPSA) is 66.9 Å². The van der Waals surface area contributed by atoms with E-state index in [1.165, 1.54) is 55.2 Å². The van der Waals surface area contributed by atoms with Crippen LogP contribution in [0.2, 0.25) is 0 Å². The van der Waals surface area contributed by atoms with Crippen LogP contribution in [0.25, 0.3) is 0 Å². The molecule has 106 valence electrons. The molecule has 1 aliphatic carbocycles. The second-order valence-electron chi connectivity index (χ2n) is 4.59. The smallest absolute Gasteiger partial charge is 0.230 e. The summed E-state index contributed by atoms with van der Waals surface area (Å²) in [5.41, 5.74) is 0. The summed E-state index contributed by atoms with van der Waals surface area (Å²) in [5.74, 6) is 0.454. The zero-order valence-electron chi connectivity index (χ0n) is 11.1. The van der Waals surface area contributed by atoms with Crippen molar-refractivity contribution in [1.29, 1.82) is 0 Å². The normalized spacial score (nSPS) is 16.3. The lowest BCUT2D eigenvalue weighted by Crippen LogP contribution is -2.24. The van der Waals surface area contributed by atoms with Gasteiger partial charge >= 0.3 is 0 Å². The fourth-order valence-corrected chi connectivity index (χ4v) is 3.78. The zero-order chi connectivity index (χ0) is 13.5. The molecule has 0 radical (unpaired) electrons. The van der Waals surface area contributed by atoms with Crippen LogP contribution in [0.3, 0.4) is 0 Å². The third-order valence-corrected chi connectivity index (χ3v) is 5.03. The van der Waals surface area contributed by atoms with E-state index in [4.69, 9.17) is 0 Å². The van der Waals surface area contributed by atoms with Crippen molar-refractivity contribution < 1.29 is 4.79 Å². The molecule has 0 aromatic carbocycles. The minimum atomic E-state index is 0.0458. The van der Waals surface area contributed by atoms with E-state index in [-0.39, 0.29) is 5.91 Å². The van der Waals surface area contributed by atoms with Gasteiger partial charge in [0.25, 0.3) is 0 Å². The predicted octanol–water partition coefficient (Wildman–Crippen LogP) is 2.51. The Morgan fingerprint density at radius 3 is 2.89 bits per heavy atom. The minimum Gasteiger partial charge on any atom is -0.357 e. The zero-order valence-corrected chi connectivity index (χ0v) is 12.8. The van der Waals surface area contributed by atoms with Gasteiger partial charge in [-0.05, 0) is 19.8 Å². The molecule has 0 bridgehead atoms. The fourth-order valence-electron chi connectivity index (χ4n) is 2.12. The van der Waals surface area contributed by atoms with Gasteiger partial charge < -0.3 is 10.6 Å². The standard InChI is InChI=1S/C12H20N4OS2/c1-2-13-10(17)8-18-12-16-15-11(19-12)14-9-6-4-3-5-7-9/h9H,2-8H2,1H3,(H,13,17)(H,14,15). The quantitative estimate of drug-likeness (QED) is 0.790. The van der Waals surface area contributed by atoms with E-state index in [9.17, 15) is 4.79 Å². The molecular formula is C12H20N4OS2. The van der Waals surface area contributed by atoms with E-state index in [1.54, 1.807) is 0 Å². The predicted molar refractivity (Wildman–Crippen MR) is 79.8 cm³/mol. The number of nitrogens with one attached hydrogen (secondary N) is 2. The van der Waals surface area contributed by atoms with Gasteiger partial charge in [0.15, 0.2) is 4.34 Å². The third kappa shape index (κ3) is 4.99. The molecular weight excluding hydrogens is 280 g/mol. The van der Waals surface area contributed by atoms with Crippen LogP contribution in [0.5, 0.6) is 0 Å². The maximum atomic E-state index is 11.3. The summed E-state index contributed by atoms with van der Waals surface area (Å²) < 4.78 is 0.851. The van der Waals surface area contributed by atoms with E-state index in [2.05, 4.69) is 20.8 Å². The van der Waals surface area contributed by atoms with E-state index in [1.807, 2.05) is 6.92 Å². The second-order valence-corrected chi connectivity index (χ2v) is 6.79. The number of anilines is 1. The Labute approximate surface area is 122 Å². The number of hydrogen-bond acceptors (Lipinski definition) is 6. The molecule has 1 fully saturated rings. The van der Waals surface area contributed by atoms with Gasteiger partial charge in [-0.1, -0.05) is 42.4 Å². The molecule has 2 N–H and O–H groups in total. The number of carbonyl (C=O) groups excluding carboxylic acids is 1. The highest BCUT2D eigenvalue weighted by atomic mass is 32.2. The van der Waals surface area contributed by atoms with Crippen molar-refractivity contribution in [2.45, 2.75) is 49.4 Å². The summed E-state index contributed by atoms with van der Waals surface area (Å²) in [7, 11) is 0. The Balaban J connectivity index is 1.76. The van der Waals surface area contributed by atoms with Crippen LogP contribution in [0, 0.1) is 0 Å². The van der Waals surface area contributed by atoms with Crippen LogP contribution in [0.1, 0.15) is 39.0 Å². The van der Waals surface area contributed by atoms with E-state index in [0.717, 1.165) is 9.47 Å². The number of aromatic nitrogens is 2. The maximum absolute atomic E-state index is 11.3. The Morgan fingerprint density at radius 2 is 2.16 bits per heavy atom. The Kier molecular flexibility index (Phi) is 5.91. The number of hydrogen-bond donors (Lipinski definition) is 2. The van der Waals surface area contributed by atoms with Crippen LogP contribution < -0.4 is 10.6 Å². The summed E-state index contributed by atoms with van der Waals surface area (Å²) in [4.78, 5) is 11.3. The molecule has 0 atom stereocenters. The largest absolute Gasteiger partial charge is 0.357 e. The van der Waals surface area contributed by atoms with Gasteiger partial charge in [-0.2, -0.15) is 0 Å². The highest BCUT2D eigenvalue weighted by Gasteiger charge is 2.15. The molecule has 1 amide bonds. The van der Waals surface area contributed by atoms with Crippen molar-refractivity contribution in [2.75, 3.05) is 17.6 Å². The minimum absolute atomic E-state index is 0.0458. The highest BCUT2D eigenvalue weighted by molar-refractivity contribution is 8.01. The summed E-state index contributed by atoms with van der Waals surface area (Å²) in [6, 6.07) is 0.544. The van der Waals surface area contributed by atoms with E-state index in [0.29, 0.717) is 18.3 Å². The summed E-state index contributed by atoms with van der Waals surface area (Å²) in [5, 5.41) is 15.3. The molecule has 0 spiro atoms. The van der Waals surface area contributed by atoms with Crippen LogP contribution >= 0.6 is 23.1 Å². The van der Waals surface area contributed by atoms with Gasteiger partial charge in [0, 0.05) is 12.6 Å². The first-order valence-corrected chi connectivity index (χ1v) is 8.57.